The van der Waals surface area contributed by atoms with E-state index in [2.05, 4.69) is 10.2 Å². The van der Waals surface area contributed by atoms with Crippen LogP contribution in [0.25, 0.3) is 0 Å². The third-order valence-electron chi connectivity index (χ3n) is 6.89. The Morgan fingerprint density at radius 2 is 1.63 bits per heavy atom. The molecule has 38 heavy (non-hydrogen) atoms. The average Bonchev–Trinajstić information content (AvgIpc) is 2.89. The molecule has 0 aromatic heterocycles. The maximum atomic E-state index is 13.3. The highest BCUT2D eigenvalue weighted by Crippen LogP contribution is 2.33. The molecule has 8 nitrogen and oxygen atoms in total. The Kier molecular flexibility index (Phi) is 8.97. The molecule has 0 radical (unpaired) electrons. The Labute approximate surface area is 233 Å². The second-order valence-electron chi connectivity index (χ2n) is 9.35. The maximum Gasteiger partial charge on any atom is 0.338 e. The highest BCUT2D eigenvalue weighted by Gasteiger charge is 2.39. The highest BCUT2D eigenvalue weighted by atomic mass is 35.5. The molecule has 2 aliphatic heterocycles. The summed E-state index contributed by atoms with van der Waals surface area (Å²) in [4.78, 5) is 45.2. The third-order valence-corrected chi connectivity index (χ3v) is 7.39. The molecule has 1 saturated heterocycles. The second kappa shape index (κ2) is 12.2. The van der Waals surface area contributed by atoms with Crippen LogP contribution in [0.15, 0.2) is 59.8 Å². The van der Waals surface area contributed by atoms with E-state index in [-0.39, 0.29) is 24.6 Å². The summed E-state index contributed by atoms with van der Waals surface area (Å²) < 4.78 is 5.45. The van der Waals surface area contributed by atoms with Crippen LogP contribution in [0.4, 0.5) is 4.79 Å². The van der Waals surface area contributed by atoms with Gasteiger partial charge in [0, 0.05) is 60.1 Å². The van der Waals surface area contributed by atoms with Crippen LogP contribution < -0.4 is 5.32 Å². The number of benzene rings is 2. The summed E-state index contributed by atoms with van der Waals surface area (Å²) in [5, 5.41) is 4.11. The summed E-state index contributed by atoms with van der Waals surface area (Å²) in [6, 6.07) is 12.9. The third kappa shape index (κ3) is 5.98. The van der Waals surface area contributed by atoms with E-state index < -0.39 is 12.0 Å². The first-order valence-electron chi connectivity index (χ1n) is 12.8. The minimum atomic E-state index is -0.665. The number of halogens is 2. The van der Waals surface area contributed by atoms with E-state index >= 15 is 0 Å². The zero-order valence-electron chi connectivity index (χ0n) is 21.7. The van der Waals surface area contributed by atoms with Gasteiger partial charge in [-0.05, 0) is 62.7 Å². The van der Waals surface area contributed by atoms with Gasteiger partial charge >= 0.3 is 12.0 Å². The van der Waals surface area contributed by atoms with Gasteiger partial charge in [0.15, 0.2) is 0 Å². The highest BCUT2D eigenvalue weighted by molar-refractivity contribution is 6.30. The molecule has 2 aromatic carbocycles. The van der Waals surface area contributed by atoms with Crippen molar-refractivity contribution < 1.29 is 19.1 Å². The largest absolute Gasteiger partial charge is 0.463 e. The number of ether oxygens (including phenoxy) is 1. The topological polar surface area (TPSA) is 82.2 Å². The fourth-order valence-electron chi connectivity index (χ4n) is 5.01. The summed E-state index contributed by atoms with van der Waals surface area (Å²) >= 11 is 12.1. The summed E-state index contributed by atoms with van der Waals surface area (Å²) in [7, 11) is 0. The number of nitrogens with one attached hydrogen (secondary N) is 1. The van der Waals surface area contributed by atoms with Crippen molar-refractivity contribution in [2.45, 2.75) is 32.9 Å². The lowest BCUT2D eigenvalue weighted by molar-refractivity contribution is -0.139. The monoisotopic (exact) mass is 558 g/mol. The number of amides is 3. The van der Waals surface area contributed by atoms with E-state index in [1.54, 1.807) is 60.4 Å². The summed E-state index contributed by atoms with van der Waals surface area (Å²) in [5.41, 5.74) is 2.35. The predicted octanol–water partition coefficient (Wildman–Crippen LogP) is 4.74. The number of carbonyl (C=O) groups excluding carboxylic acids is 3. The normalized spacial score (nSPS) is 20.4. The number of esters is 1. The van der Waals surface area contributed by atoms with Gasteiger partial charge in [-0.15, -0.1) is 0 Å². The van der Waals surface area contributed by atoms with Crippen molar-refractivity contribution in [1.82, 2.24) is 20.0 Å². The van der Waals surface area contributed by atoms with E-state index in [1.807, 2.05) is 18.7 Å². The van der Waals surface area contributed by atoms with Crippen LogP contribution in [-0.2, 0) is 9.53 Å². The molecule has 3 amide bonds. The molecule has 10 heteroatoms. The molecule has 202 valence electrons. The standard InChI is InChI=1S/C28H32Cl2N4O4/c1-4-33-23(17-32-14-15-34(18(3)16-32)26(35)20-8-12-22(30)13-9-20)24(27(36)38-5-2)25(31-28(33)37)19-6-10-21(29)11-7-19/h6-13,18,25H,4-5,14-17H2,1-3H3,(H,31,37). The molecule has 2 atom stereocenters. The van der Waals surface area contributed by atoms with Gasteiger partial charge in [0.1, 0.15) is 0 Å². The second-order valence-corrected chi connectivity index (χ2v) is 10.2. The quantitative estimate of drug-likeness (QED) is 0.496. The van der Waals surface area contributed by atoms with E-state index in [0.29, 0.717) is 59.6 Å². The predicted molar refractivity (Wildman–Crippen MR) is 147 cm³/mol. The lowest BCUT2D eigenvalue weighted by Gasteiger charge is -2.43. The van der Waals surface area contributed by atoms with Gasteiger partial charge < -0.3 is 15.0 Å². The molecule has 2 aliphatic rings. The number of likely N-dealkylation sites (N-methyl/N-ethyl adjacent to an activating group) is 1. The number of hydrogen-bond donors (Lipinski definition) is 1. The van der Waals surface area contributed by atoms with Gasteiger partial charge in [0.2, 0.25) is 0 Å². The van der Waals surface area contributed by atoms with Crippen LogP contribution in [0, 0.1) is 0 Å². The first kappa shape index (κ1) is 28.0. The smallest absolute Gasteiger partial charge is 0.338 e. The van der Waals surface area contributed by atoms with Crippen LogP contribution in [0.5, 0.6) is 0 Å². The first-order chi connectivity index (χ1) is 18.2. The van der Waals surface area contributed by atoms with Gasteiger partial charge in [-0.3, -0.25) is 14.6 Å². The van der Waals surface area contributed by atoms with Crippen molar-refractivity contribution >= 4 is 41.1 Å². The van der Waals surface area contributed by atoms with Crippen LogP contribution in [0.3, 0.4) is 0 Å². The molecule has 0 saturated carbocycles. The lowest BCUT2D eigenvalue weighted by Crippen LogP contribution is -2.56. The van der Waals surface area contributed by atoms with E-state index in [9.17, 15) is 14.4 Å². The average molecular weight is 559 g/mol. The fourth-order valence-corrected chi connectivity index (χ4v) is 5.26. The Morgan fingerprint density at radius 1 is 1.00 bits per heavy atom. The van der Waals surface area contributed by atoms with Crippen LogP contribution >= 0.6 is 23.2 Å². The van der Waals surface area contributed by atoms with Crippen molar-refractivity contribution in [2.24, 2.45) is 0 Å². The Bertz CT molecular complexity index is 1220. The minimum absolute atomic E-state index is 0.0460. The van der Waals surface area contributed by atoms with Crippen molar-refractivity contribution in [3.63, 3.8) is 0 Å². The number of urea groups is 1. The summed E-state index contributed by atoms with van der Waals surface area (Å²) in [5.74, 6) is -0.513. The number of rotatable bonds is 7. The number of nitrogens with zero attached hydrogens (tertiary/aromatic N) is 3. The maximum absolute atomic E-state index is 13.3. The number of piperazine rings is 1. The zero-order valence-corrected chi connectivity index (χ0v) is 23.3. The molecule has 2 heterocycles. The minimum Gasteiger partial charge on any atom is -0.463 e. The molecule has 0 spiro atoms. The number of hydrogen-bond acceptors (Lipinski definition) is 5. The Hall–Kier alpha value is -3.07. The fraction of sp³-hybridized carbons (Fsp3) is 0.393. The molecule has 1 N–H and O–H groups in total. The van der Waals surface area contributed by atoms with Crippen molar-refractivity contribution in [1.29, 1.82) is 0 Å². The Balaban J connectivity index is 1.62. The van der Waals surface area contributed by atoms with Crippen LogP contribution in [0.2, 0.25) is 10.0 Å². The molecule has 4 rings (SSSR count). The summed E-state index contributed by atoms with van der Waals surface area (Å²) in [6.45, 7) is 8.30. The van der Waals surface area contributed by atoms with Crippen molar-refractivity contribution in [3.05, 3.63) is 81.0 Å². The molecular formula is C28H32Cl2N4O4. The van der Waals surface area contributed by atoms with Gasteiger partial charge in [0.25, 0.3) is 5.91 Å². The number of carbonyl (C=O) groups is 3. The van der Waals surface area contributed by atoms with Crippen LogP contribution in [0.1, 0.15) is 42.7 Å². The molecular weight excluding hydrogens is 527 g/mol. The molecule has 0 bridgehead atoms. The summed E-state index contributed by atoms with van der Waals surface area (Å²) in [6.07, 6.45) is 0. The molecule has 0 aliphatic carbocycles. The molecule has 2 unspecified atom stereocenters. The lowest BCUT2D eigenvalue weighted by atomic mass is 9.94. The van der Waals surface area contributed by atoms with Gasteiger partial charge in [0.05, 0.1) is 18.2 Å². The van der Waals surface area contributed by atoms with Gasteiger partial charge in [-0.1, -0.05) is 35.3 Å². The SMILES string of the molecule is CCOC(=O)C1=C(CN2CCN(C(=O)c3ccc(Cl)cc3)C(C)C2)N(CC)C(=O)NC1c1ccc(Cl)cc1. The van der Waals surface area contributed by atoms with Gasteiger partial charge in [-0.2, -0.15) is 0 Å². The van der Waals surface area contributed by atoms with Crippen molar-refractivity contribution in [3.8, 4) is 0 Å². The van der Waals surface area contributed by atoms with E-state index in [0.717, 1.165) is 5.56 Å². The van der Waals surface area contributed by atoms with Crippen LogP contribution in [-0.4, -0.2) is 78.0 Å². The first-order valence-corrected chi connectivity index (χ1v) is 13.5. The van der Waals surface area contributed by atoms with E-state index in [1.165, 1.54) is 0 Å². The van der Waals surface area contributed by atoms with Crippen molar-refractivity contribution in [2.75, 3.05) is 39.3 Å². The van der Waals surface area contributed by atoms with E-state index in [4.69, 9.17) is 27.9 Å². The molecule has 2 aromatic rings. The zero-order chi connectivity index (χ0) is 27.4. The van der Waals surface area contributed by atoms with Gasteiger partial charge in [-0.25, -0.2) is 9.59 Å². The molecule has 1 fully saturated rings. The Morgan fingerprint density at radius 3 is 2.21 bits per heavy atom.